The van der Waals surface area contributed by atoms with Crippen molar-refractivity contribution in [2.75, 3.05) is 30.5 Å². The number of carbonyl (C=O) groups excluding carboxylic acids is 1. The van der Waals surface area contributed by atoms with E-state index in [0.29, 0.717) is 40.9 Å². The molecule has 34 heavy (non-hydrogen) atoms. The molecule has 3 aromatic carbocycles. The smallest absolute Gasteiger partial charge is 0.268 e. The molecule has 1 fully saturated rings. The van der Waals surface area contributed by atoms with Crippen molar-refractivity contribution < 1.29 is 17.9 Å². The fourth-order valence-corrected chi connectivity index (χ4v) is 6.35. The molecule has 0 N–H and O–H groups in total. The van der Waals surface area contributed by atoms with E-state index in [9.17, 15) is 13.2 Å². The molecule has 2 heterocycles. The molecule has 0 atom stereocenters. The van der Waals surface area contributed by atoms with Crippen LogP contribution in [0.5, 0.6) is 11.5 Å². The maximum absolute atomic E-state index is 13.6. The largest absolute Gasteiger partial charge is 0.454 e. The molecule has 2 aliphatic heterocycles. The number of fused-ring (bicyclic) bond motifs is 2. The van der Waals surface area contributed by atoms with Gasteiger partial charge in [-0.05, 0) is 80.4 Å². The minimum atomic E-state index is -3.77. The van der Waals surface area contributed by atoms with Crippen LogP contribution in [0.2, 0.25) is 5.02 Å². The quantitative estimate of drug-likeness (QED) is 0.452. The fraction of sp³-hybridized carbons (Fsp3) is 0.269. The Morgan fingerprint density at radius 2 is 1.56 bits per heavy atom. The lowest BCUT2D eigenvalue weighted by Gasteiger charge is -2.34. The molecule has 0 radical (unpaired) electrons. The van der Waals surface area contributed by atoms with E-state index in [1.54, 1.807) is 60.7 Å². The van der Waals surface area contributed by atoms with Gasteiger partial charge in [-0.1, -0.05) is 35.9 Å². The first-order valence-corrected chi connectivity index (χ1v) is 13.1. The SMILES string of the molecule is O=C(CN1CCC(CN2c3ccccc3Oc3ccccc3S2(=O)=O)CC1)c1ccc(Cl)cc1. The summed E-state index contributed by atoms with van der Waals surface area (Å²) in [6.45, 7) is 2.20. The Kier molecular flexibility index (Phi) is 6.34. The summed E-state index contributed by atoms with van der Waals surface area (Å²) in [6, 6.07) is 21.0. The van der Waals surface area contributed by atoms with Crippen LogP contribution >= 0.6 is 11.6 Å². The zero-order chi connectivity index (χ0) is 23.7. The van der Waals surface area contributed by atoms with Crippen LogP contribution in [0.15, 0.2) is 77.7 Å². The van der Waals surface area contributed by atoms with Crippen molar-refractivity contribution in [1.82, 2.24) is 4.90 Å². The number of rotatable bonds is 5. The van der Waals surface area contributed by atoms with E-state index in [1.165, 1.54) is 4.31 Å². The molecular formula is C26H25ClN2O4S. The van der Waals surface area contributed by atoms with Crippen LogP contribution in [0.25, 0.3) is 0 Å². The van der Waals surface area contributed by atoms with E-state index in [1.807, 2.05) is 12.1 Å². The van der Waals surface area contributed by atoms with Crippen LogP contribution in [0, 0.1) is 5.92 Å². The number of hydrogen-bond donors (Lipinski definition) is 0. The van der Waals surface area contributed by atoms with Crippen molar-refractivity contribution >= 4 is 33.1 Å². The second-order valence-electron chi connectivity index (χ2n) is 8.70. The zero-order valence-electron chi connectivity index (χ0n) is 18.6. The third-order valence-corrected chi connectivity index (χ3v) is 8.51. The van der Waals surface area contributed by atoms with E-state index < -0.39 is 10.0 Å². The number of halogens is 1. The lowest BCUT2D eigenvalue weighted by atomic mass is 9.96. The van der Waals surface area contributed by atoms with Crippen LogP contribution in [0.4, 0.5) is 5.69 Å². The van der Waals surface area contributed by atoms with Gasteiger partial charge in [0.05, 0.1) is 12.2 Å². The molecular weight excluding hydrogens is 472 g/mol. The first-order valence-electron chi connectivity index (χ1n) is 11.3. The number of Topliss-reactive ketones (excluding diaryl/α,β-unsaturated/α-hetero) is 1. The predicted octanol–water partition coefficient (Wildman–Crippen LogP) is 5.24. The summed E-state index contributed by atoms with van der Waals surface area (Å²) >= 11 is 5.92. The normalized spacial score (nSPS) is 17.9. The lowest BCUT2D eigenvalue weighted by molar-refractivity contribution is 0.0898. The summed E-state index contributed by atoms with van der Waals surface area (Å²) in [6.07, 6.45) is 1.62. The van der Waals surface area contributed by atoms with Gasteiger partial charge in [-0.3, -0.25) is 14.0 Å². The summed E-state index contributed by atoms with van der Waals surface area (Å²) in [5.74, 6) is 1.11. The molecule has 2 aliphatic rings. The Hall–Kier alpha value is -2.87. The molecule has 5 rings (SSSR count). The third kappa shape index (κ3) is 4.56. The first kappa shape index (κ1) is 22.9. The average molecular weight is 497 g/mol. The van der Waals surface area contributed by atoms with Gasteiger partial charge in [0, 0.05) is 17.1 Å². The van der Waals surface area contributed by atoms with Crippen LogP contribution in [0.3, 0.4) is 0 Å². The summed E-state index contributed by atoms with van der Waals surface area (Å²) in [5.41, 5.74) is 1.21. The number of sulfonamides is 1. The number of para-hydroxylation sites is 3. The van der Waals surface area contributed by atoms with Gasteiger partial charge < -0.3 is 4.74 Å². The summed E-state index contributed by atoms with van der Waals surface area (Å²) < 4.78 is 34.8. The lowest BCUT2D eigenvalue weighted by Crippen LogP contribution is -2.42. The zero-order valence-corrected chi connectivity index (χ0v) is 20.1. The van der Waals surface area contributed by atoms with Crippen molar-refractivity contribution in [2.45, 2.75) is 17.7 Å². The van der Waals surface area contributed by atoms with Crippen molar-refractivity contribution in [2.24, 2.45) is 5.92 Å². The molecule has 0 bridgehead atoms. The van der Waals surface area contributed by atoms with E-state index in [4.69, 9.17) is 16.3 Å². The van der Waals surface area contributed by atoms with Gasteiger partial charge >= 0.3 is 0 Å². The molecule has 0 aliphatic carbocycles. The van der Waals surface area contributed by atoms with Gasteiger partial charge in [-0.15, -0.1) is 0 Å². The molecule has 176 valence electrons. The maximum Gasteiger partial charge on any atom is 0.268 e. The Labute approximate surface area is 204 Å². The second kappa shape index (κ2) is 9.41. The highest BCUT2D eigenvalue weighted by Gasteiger charge is 2.35. The average Bonchev–Trinajstić information content (AvgIpc) is 2.93. The summed E-state index contributed by atoms with van der Waals surface area (Å²) in [7, 11) is -3.77. The maximum atomic E-state index is 13.6. The number of nitrogens with zero attached hydrogens (tertiary/aromatic N) is 2. The van der Waals surface area contributed by atoms with Crippen molar-refractivity contribution in [1.29, 1.82) is 0 Å². The molecule has 0 amide bonds. The number of benzene rings is 3. The number of ketones is 1. The highest BCUT2D eigenvalue weighted by molar-refractivity contribution is 7.93. The van der Waals surface area contributed by atoms with Crippen molar-refractivity contribution in [3.8, 4) is 11.5 Å². The molecule has 6 nitrogen and oxygen atoms in total. The van der Waals surface area contributed by atoms with Gasteiger partial charge in [0.2, 0.25) is 0 Å². The van der Waals surface area contributed by atoms with Crippen LogP contribution < -0.4 is 9.04 Å². The molecule has 1 saturated heterocycles. The van der Waals surface area contributed by atoms with Gasteiger partial charge in [0.15, 0.2) is 11.5 Å². The Morgan fingerprint density at radius 3 is 2.29 bits per heavy atom. The Morgan fingerprint density at radius 1 is 0.912 bits per heavy atom. The number of anilines is 1. The van der Waals surface area contributed by atoms with Crippen LogP contribution in [0.1, 0.15) is 23.2 Å². The van der Waals surface area contributed by atoms with Gasteiger partial charge in [0.25, 0.3) is 10.0 Å². The number of hydrogen-bond acceptors (Lipinski definition) is 5. The van der Waals surface area contributed by atoms with Gasteiger partial charge in [-0.25, -0.2) is 8.42 Å². The monoisotopic (exact) mass is 496 g/mol. The Bertz CT molecular complexity index is 1300. The van der Waals surface area contributed by atoms with E-state index >= 15 is 0 Å². The van der Waals surface area contributed by atoms with E-state index in [0.717, 1.165) is 25.9 Å². The summed E-state index contributed by atoms with van der Waals surface area (Å²) in [4.78, 5) is 14.9. The van der Waals surface area contributed by atoms with Crippen LogP contribution in [-0.4, -0.2) is 45.3 Å². The summed E-state index contributed by atoms with van der Waals surface area (Å²) in [5, 5.41) is 0.607. The number of carbonyl (C=O) groups is 1. The molecule has 0 spiro atoms. The predicted molar refractivity (Wildman–Crippen MR) is 132 cm³/mol. The second-order valence-corrected chi connectivity index (χ2v) is 11.0. The minimum absolute atomic E-state index is 0.0629. The third-order valence-electron chi connectivity index (χ3n) is 6.44. The molecule has 0 unspecified atom stereocenters. The fourth-order valence-electron chi connectivity index (χ4n) is 4.55. The topological polar surface area (TPSA) is 66.9 Å². The highest BCUT2D eigenvalue weighted by Crippen LogP contribution is 2.43. The molecule has 3 aromatic rings. The first-order chi connectivity index (χ1) is 16.4. The van der Waals surface area contributed by atoms with Gasteiger partial charge in [0.1, 0.15) is 10.6 Å². The minimum Gasteiger partial charge on any atom is -0.454 e. The number of likely N-dealkylation sites (tertiary alicyclic amines) is 1. The van der Waals surface area contributed by atoms with E-state index in [-0.39, 0.29) is 16.6 Å². The van der Waals surface area contributed by atoms with Gasteiger partial charge in [-0.2, -0.15) is 0 Å². The Balaban J connectivity index is 1.30. The highest BCUT2D eigenvalue weighted by atomic mass is 35.5. The van der Waals surface area contributed by atoms with E-state index in [2.05, 4.69) is 4.90 Å². The van der Waals surface area contributed by atoms with Crippen molar-refractivity contribution in [3.05, 3.63) is 83.4 Å². The molecule has 0 aromatic heterocycles. The van der Waals surface area contributed by atoms with Crippen molar-refractivity contribution in [3.63, 3.8) is 0 Å². The van der Waals surface area contributed by atoms with Crippen LogP contribution in [-0.2, 0) is 10.0 Å². The molecule has 8 heteroatoms. The molecule has 0 saturated carbocycles. The number of piperidine rings is 1. The standard InChI is InChI=1S/C26H25ClN2O4S/c27-21-11-9-20(10-12-21)23(30)18-28-15-13-19(14-16-28)17-29-22-5-1-2-6-24(22)33-25-7-3-4-8-26(25)34(29,31)32/h1-12,19H,13-18H2. The number of ether oxygens (including phenoxy) is 1.